The highest BCUT2D eigenvalue weighted by Gasteiger charge is 2.11. The lowest BCUT2D eigenvalue weighted by atomic mass is 10.0. The molecule has 1 aliphatic heterocycles. The number of hydrogen-bond donors (Lipinski definition) is 2. The molecule has 0 amide bonds. The molecule has 0 spiro atoms. The standard InChI is InChI=1S/C18H25N3O.ClH/c1-22-16-12-14-6-4-11-21-18(14)17(13-16)20-10-5-8-15-7-2-3-9-19-15;/h4,6,11-13,15,19-20H,2-3,5,7-10H2,1H3;1H. The van der Waals surface area contributed by atoms with Crippen LogP contribution in [0.1, 0.15) is 32.1 Å². The van der Waals surface area contributed by atoms with Gasteiger partial charge in [0.15, 0.2) is 0 Å². The number of nitrogens with one attached hydrogen (secondary N) is 2. The van der Waals surface area contributed by atoms with E-state index >= 15 is 0 Å². The number of fused-ring (bicyclic) bond motifs is 1. The number of halogens is 1. The molecule has 1 aromatic heterocycles. The maximum absolute atomic E-state index is 5.39. The molecular formula is C18H26ClN3O. The van der Waals surface area contributed by atoms with Crippen LogP contribution in [-0.4, -0.2) is 31.2 Å². The quantitative estimate of drug-likeness (QED) is 0.783. The van der Waals surface area contributed by atoms with Crippen LogP contribution in [0.5, 0.6) is 5.75 Å². The van der Waals surface area contributed by atoms with Gasteiger partial charge < -0.3 is 15.4 Å². The Kier molecular flexibility index (Phi) is 6.93. The number of aromatic nitrogens is 1. The first-order valence-corrected chi connectivity index (χ1v) is 8.27. The molecule has 1 aliphatic rings. The van der Waals surface area contributed by atoms with Gasteiger partial charge in [0, 0.05) is 30.2 Å². The summed E-state index contributed by atoms with van der Waals surface area (Å²) in [6.45, 7) is 2.15. The monoisotopic (exact) mass is 335 g/mol. The van der Waals surface area contributed by atoms with Crippen molar-refractivity contribution in [2.75, 3.05) is 25.5 Å². The Morgan fingerprint density at radius 2 is 2.26 bits per heavy atom. The van der Waals surface area contributed by atoms with Crippen LogP contribution >= 0.6 is 12.4 Å². The molecule has 2 aromatic rings. The van der Waals surface area contributed by atoms with E-state index in [4.69, 9.17) is 4.74 Å². The summed E-state index contributed by atoms with van der Waals surface area (Å²) in [6.07, 6.45) is 8.27. The van der Waals surface area contributed by atoms with Crippen molar-refractivity contribution in [3.8, 4) is 5.75 Å². The molecule has 5 heteroatoms. The van der Waals surface area contributed by atoms with E-state index in [9.17, 15) is 0 Å². The van der Waals surface area contributed by atoms with Gasteiger partial charge in [-0.3, -0.25) is 4.98 Å². The van der Waals surface area contributed by atoms with E-state index < -0.39 is 0 Å². The van der Waals surface area contributed by atoms with Gasteiger partial charge in [-0.2, -0.15) is 0 Å². The molecule has 3 rings (SSSR count). The van der Waals surface area contributed by atoms with Crippen LogP contribution in [0.4, 0.5) is 5.69 Å². The number of piperidine rings is 1. The molecule has 4 nitrogen and oxygen atoms in total. The van der Waals surface area contributed by atoms with Crippen molar-refractivity contribution in [3.63, 3.8) is 0 Å². The average Bonchev–Trinajstić information content (AvgIpc) is 2.59. The minimum absolute atomic E-state index is 0. The summed E-state index contributed by atoms with van der Waals surface area (Å²) in [7, 11) is 1.70. The van der Waals surface area contributed by atoms with Crippen molar-refractivity contribution in [1.29, 1.82) is 0 Å². The minimum atomic E-state index is 0. The molecule has 126 valence electrons. The summed E-state index contributed by atoms with van der Waals surface area (Å²) in [5.41, 5.74) is 2.07. The lowest BCUT2D eigenvalue weighted by Gasteiger charge is -2.23. The second kappa shape index (κ2) is 8.94. The number of nitrogens with zero attached hydrogens (tertiary/aromatic N) is 1. The van der Waals surface area contributed by atoms with E-state index in [-0.39, 0.29) is 12.4 Å². The fraction of sp³-hybridized carbons (Fsp3) is 0.500. The number of rotatable bonds is 6. The molecule has 2 N–H and O–H groups in total. The zero-order valence-corrected chi connectivity index (χ0v) is 14.5. The highest BCUT2D eigenvalue weighted by molar-refractivity contribution is 5.91. The van der Waals surface area contributed by atoms with Crippen molar-refractivity contribution >= 4 is 29.0 Å². The topological polar surface area (TPSA) is 46.2 Å². The smallest absolute Gasteiger partial charge is 0.121 e. The Labute approximate surface area is 144 Å². The summed E-state index contributed by atoms with van der Waals surface area (Å²) in [5, 5.41) is 8.25. The first kappa shape index (κ1) is 17.8. The Morgan fingerprint density at radius 1 is 1.35 bits per heavy atom. The Bertz CT molecular complexity index is 614. The lowest BCUT2D eigenvalue weighted by Crippen LogP contribution is -2.34. The van der Waals surface area contributed by atoms with Gasteiger partial charge in [0.05, 0.1) is 18.3 Å². The lowest BCUT2D eigenvalue weighted by molar-refractivity contribution is 0.378. The summed E-state index contributed by atoms with van der Waals surface area (Å²) in [4.78, 5) is 4.49. The number of benzene rings is 1. The van der Waals surface area contributed by atoms with Gasteiger partial charge in [-0.15, -0.1) is 12.4 Å². The van der Waals surface area contributed by atoms with E-state index in [1.165, 1.54) is 38.6 Å². The van der Waals surface area contributed by atoms with E-state index in [0.717, 1.165) is 28.9 Å². The molecule has 1 atom stereocenters. The van der Waals surface area contributed by atoms with E-state index in [0.29, 0.717) is 6.04 Å². The van der Waals surface area contributed by atoms with Crippen LogP contribution in [0.2, 0.25) is 0 Å². The highest BCUT2D eigenvalue weighted by Crippen LogP contribution is 2.27. The maximum atomic E-state index is 5.39. The molecule has 0 saturated carbocycles. The van der Waals surface area contributed by atoms with Crippen LogP contribution in [0.3, 0.4) is 0 Å². The Morgan fingerprint density at radius 3 is 3.04 bits per heavy atom. The van der Waals surface area contributed by atoms with Gasteiger partial charge in [0.1, 0.15) is 5.75 Å². The van der Waals surface area contributed by atoms with Gasteiger partial charge in [-0.1, -0.05) is 12.5 Å². The predicted octanol–water partition coefficient (Wildman–Crippen LogP) is 4.00. The van der Waals surface area contributed by atoms with Crippen molar-refractivity contribution in [2.45, 2.75) is 38.1 Å². The van der Waals surface area contributed by atoms with Crippen molar-refractivity contribution in [2.24, 2.45) is 0 Å². The van der Waals surface area contributed by atoms with Gasteiger partial charge in [-0.25, -0.2) is 0 Å². The third-order valence-corrected chi connectivity index (χ3v) is 4.37. The van der Waals surface area contributed by atoms with Crippen LogP contribution in [0.25, 0.3) is 10.9 Å². The van der Waals surface area contributed by atoms with E-state index in [2.05, 4.69) is 21.7 Å². The molecule has 23 heavy (non-hydrogen) atoms. The summed E-state index contributed by atoms with van der Waals surface area (Å²) in [5.74, 6) is 0.872. The van der Waals surface area contributed by atoms with Crippen molar-refractivity contribution < 1.29 is 4.74 Å². The SMILES string of the molecule is COc1cc(NCCCC2CCCCN2)c2ncccc2c1.Cl. The zero-order chi connectivity index (χ0) is 15.2. The third-order valence-electron chi connectivity index (χ3n) is 4.37. The number of pyridine rings is 1. The molecular weight excluding hydrogens is 310 g/mol. The van der Waals surface area contributed by atoms with Crippen LogP contribution < -0.4 is 15.4 Å². The van der Waals surface area contributed by atoms with Crippen LogP contribution in [-0.2, 0) is 0 Å². The molecule has 1 fully saturated rings. The minimum Gasteiger partial charge on any atom is -0.497 e. The molecule has 0 radical (unpaired) electrons. The van der Waals surface area contributed by atoms with Gasteiger partial charge in [-0.05, 0) is 44.4 Å². The fourth-order valence-corrected chi connectivity index (χ4v) is 3.16. The normalized spacial score (nSPS) is 17.5. The number of anilines is 1. The van der Waals surface area contributed by atoms with Crippen LogP contribution in [0, 0.1) is 0 Å². The number of ether oxygens (including phenoxy) is 1. The largest absolute Gasteiger partial charge is 0.497 e. The summed E-state index contributed by atoms with van der Waals surface area (Å²) < 4.78 is 5.39. The molecule has 1 unspecified atom stereocenters. The molecule has 0 aliphatic carbocycles. The van der Waals surface area contributed by atoms with Crippen molar-refractivity contribution in [1.82, 2.24) is 10.3 Å². The maximum Gasteiger partial charge on any atom is 0.121 e. The first-order valence-electron chi connectivity index (χ1n) is 8.27. The summed E-state index contributed by atoms with van der Waals surface area (Å²) in [6, 6.07) is 8.80. The van der Waals surface area contributed by atoms with Gasteiger partial charge >= 0.3 is 0 Å². The first-order chi connectivity index (χ1) is 10.9. The molecule has 0 bridgehead atoms. The molecule has 1 saturated heterocycles. The number of methoxy groups -OCH3 is 1. The second-order valence-corrected chi connectivity index (χ2v) is 5.97. The number of hydrogen-bond acceptors (Lipinski definition) is 4. The van der Waals surface area contributed by atoms with E-state index in [1.807, 2.05) is 24.4 Å². The van der Waals surface area contributed by atoms with Crippen molar-refractivity contribution in [3.05, 3.63) is 30.5 Å². The third kappa shape index (κ3) is 4.72. The Balaban J connectivity index is 0.00000192. The fourth-order valence-electron chi connectivity index (χ4n) is 3.16. The van der Waals surface area contributed by atoms with Crippen LogP contribution in [0.15, 0.2) is 30.5 Å². The summed E-state index contributed by atoms with van der Waals surface area (Å²) >= 11 is 0. The predicted molar refractivity (Wildman–Crippen MR) is 98.9 cm³/mol. The van der Waals surface area contributed by atoms with Gasteiger partial charge in [0.25, 0.3) is 0 Å². The Hall–Kier alpha value is -1.52. The van der Waals surface area contributed by atoms with E-state index in [1.54, 1.807) is 7.11 Å². The molecule has 1 aromatic carbocycles. The average molecular weight is 336 g/mol. The second-order valence-electron chi connectivity index (χ2n) is 5.97. The highest BCUT2D eigenvalue weighted by atomic mass is 35.5. The van der Waals surface area contributed by atoms with Gasteiger partial charge in [0.2, 0.25) is 0 Å². The molecule has 2 heterocycles. The zero-order valence-electron chi connectivity index (χ0n) is 13.7.